The Kier molecular flexibility index (Phi) is 4.81. The molecule has 0 spiro atoms. The fourth-order valence-electron chi connectivity index (χ4n) is 3.85. The van der Waals surface area contributed by atoms with Gasteiger partial charge in [0.2, 0.25) is 0 Å². The molecule has 3 rings (SSSR count). The van der Waals surface area contributed by atoms with Crippen molar-refractivity contribution in [1.29, 1.82) is 0 Å². The van der Waals surface area contributed by atoms with Crippen molar-refractivity contribution in [3.63, 3.8) is 0 Å². The molecule has 2 aliphatic carbocycles. The molecular formula is C16H23BrN2OS. The topological polar surface area (TPSA) is 37.9 Å². The van der Waals surface area contributed by atoms with Crippen molar-refractivity contribution in [2.75, 3.05) is 7.11 Å². The van der Waals surface area contributed by atoms with Crippen LogP contribution in [0.5, 0.6) is 0 Å². The quantitative estimate of drug-likeness (QED) is 0.727. The largest absolute Gasteiger partial charge is 0.370 e. The molecule has 3 nitrogen and oxygen atoms in total. The van der Waals surface area contributed by atoms with E-state index >= 15 is 0 Å². The summed E-state index contributed by atoms with van der Waals surface area (Å²) in [6, 6.07) is 0. The van der Waals surface area contributed by atoms with Gasteiger partial charge in [-0.25, -0.2) is 4.98 Å². The lowest BCUT2D eigenvalue weighted by Crippen LogP contribution is -2.34. The first-order valence-electron chi connectivity index (χ1n) is 8.01. The molecule has 0 aromatic carbocycles. The van der Waals surface area contributed by atoms with Crippen molar-refractivity contribution in [3.8, 4) is 0 Å². The third-order valence-corrected chi connectivity index (χ3v) is 6.50. The maximum atomic E-state index is 5.92. The minimum absolute atomic E-state index is 0.264. The molecule has 1 aromatic heterocycles. The molecule has 0 radical (unpaired) electrons. The Morgan fingerprint density at radius 2 is 1.86 bits per heavy atom. The van der Waals surface area contributed by atoms with E-state index in [9.17, 15) is 0 Å². The van der Waals surface area contributed by atoms with Crippen LogP contribution in [0.2, 0.25) is 0 Å². The number of rotatable bonds is 3. The number of aromatic amines is 1. The van der Waals surface area contributed by atoms with Crippen molar-refractivity contribution < 1.29 is 4.74 Å². The van der Waals surface area contributed by atoms with Gasteiger partial charge < -0.3 is 9.72 Å². The standard InChI is InChI=1S/C16H23BrN2OS/c1-20-16(9-5-2-6-10-16)15-18-13(11-7-3-4-8-11)12(17)14(21)19-15/h11H,2-10H2,1H3,(H,18,19,21). The van der Waals surface area contributed by atoms with Crippen LogP contribution in [0.25, 0.3) is 0 Å². The normalized spacial score (nSPS) is 22.6. The number of aromatic nitrogens is 2. The van der Waals surface area contributed by atoms with Crippen LogP contribution in [0.1, 0.15) is 75.2 Å². The van der Waals surface area contributed by atoms with E-state index in [0.29, 0.717) is 10.6 Å². The van der Waals surface area contributed by atoms with Crippen LogP contribution in [0.4, 0.5) is 0 Å². The molecule has 2 fully saturated rings. The van der Waals surface area contributed by atoms with Crippen molar-refractivity contribution in [2.45, 2.75) is 69.3 Å². The molecule has 0 bridgehead atoms. The molecule has 1 N–H and O–H groups in total. The van der Waals surface area contributed by atoms with E-state index in [1.807, 2.05) is 0 Å². The number of H-pyrrole nitrogens is 1. The number of nitrogens with zero attached hydrogens (tertiary/aromatic N) is 1. The molecule has 2 aliphatic rings. The second kappa shape index (κ2) is 6.47. The highest BCUT2D eigenvalue weighted by atomic mass is 79.9. The Morgan fingerprint density at radius 3 is 2.48 bits per heavy atom. The third-order valence-electron chi connectivity index (χ3n) is 5.14. The molecule has 1 heterocycles. The fourth-order valence-corrected chi connectivity index (χ4v) is 4.56. The first-order valence-corrected chi connectivity index (χ1v) is 9.22. The van der Waals surface area contributed by atoms with Crippen LogP contribution < -0.4 is 0 Å². The van der Waals surface area contributed by atoms with Crippen LogP contribution in [0.3, 0.4) is 0 Å². The molecule has 0 unspecified atom stereocenters. The molecule has 116 valence electrons. The summed E-state index contributed by atoms with van der Waals surface area (Å²) >= 11 is 9.15. The van der Waals surface area contributed by atoms with Gasteiger partial charge in [-0.1, -0.05) is 44.3 Å². The van der Waals surface area contributed by atoms with Crippen LogP contribution in [0, 0.1) is 4.64 Å². The smallest absolute Gasteiger partial charge is 0.144 e. The zero-order valence-corrected chi connectivity index (χ0v) is 15.0. The average molecular weight is 371 g/mol. The van der Waals surface area contributed by atoms with Crippen LogP contribution in [-0.4, -0.2) is 17.1 Å². The zero-order valence-electron chi connectivity index (χ0n) is 12.6. The van der Waals surface area contributed by atoms with Gasteiger partial charge in [-0.15, -0.1) is 0 Å². The molecular weight excluding hydrogens is 348 g/mol. The molecule has 5 heteroatoms. The molecule has 1 aromatic rings. The predicted molar refractivity (Wildman–Crippen MR) is 90.1 cm³/mol. The van der Waals surface area contributed by atoms with E-state index in [0.717, 1.165) is 23.1 Å². The minimum Gasteiger partial charge on any atom is -0.370 e. The van der Waals surface area contributed by atoms with E-state index in [4.69, 9.17) is 17.0 Å². The fraction of sp³-hybridized carbons (Fsp3) is 0.750. The van der Waals surface area contributed by atoms with Crippen molar-refractivity contribution in [1.82, 2.24) is 9.97 Å². The SMILES string of the molecule is COC1(c2nc(=S)c(Br)c(C3CCCC3)[nH]2)CCCCC1. The summed E-state index contributed by atoms with van der Waals surface area (Å²) < 4.78 is 7.58. The lowest BCUT2D eigenvalue weighted by atomic mass is 9.83. The Balaban J connectivity index is 2.04. The highest BCUT2D eigenvalue weighted by Crippen LogP contribution is 2.41. The van der Waals surface area contributed by atoms with E-state index in [2.05, 4.69) is 25.9 Å². The van der Waals surface area contributed by atoms with Crippen molar-refractivity contribution >= 4 is 28.1 Å². The van der Waals surface area contributed by atoms with Gasteiger partial charge >= 0.3 is 0 Å². The maximum absolute atomic E-state index is 5.92. The summed E-state index contributed by atoms with van der Waals surface area (Å²) in [4.78, 5) is 8.27. The van der Waals surface area contributed by atoms with E-state index in [-0.39, 0.29) is 5.60 Å². The summed E-state index contributed by atoms with van der Waals surface area (Å²) in [5, 5.41) is 0. The van der Waals surface area contributed by atoms with Crippen LogP contribution in [-0.2, 0) is 10.3 Å². The second-order valence-corrected chi connectivity index (χ2v) is 7.54. The Hall–Kier alpha value is -0.260. The third kappa shape index (κ3) is 2.97. The Bertz CT molecular complexity index is 560. The Labute approximate surface area is 140 Å². The summed E-state index contributed by atoms with van der Waals surface area (Å²) in [5.74, 6) is 1.53. The number of ether oxygens (including phenoxy) is 1. The van der Waals surface area contributed by atoms with Gasteiger partial charge in [0.25, 0.3) is 0 Å². The molecule has 21 heavy (non-hydrogen) atoms. The summed E-state index contributed by atoms with van der Waals surface area (Å²) in [6.07, 6.45) is 10.9. The Morgan fingerprint density at radius 1 is 1.19 bits per heavy atom. The summed E-state index contributed by atoms with van der Waals surface area (Å²) in [5.41, 5.74) is 0.976. The molecule has 0 aliphatic heterocycles. The number of halogens is 1. The number of methoxy groups -OCH3 is 1. The van der Waals surface area contributed by atoms with Gasteiger partial charge in [0.05, 0.1) is 4.47 Å². The van der Waals surface area contributed by atoms with E-state index in [1.165, 1.54) is 50.6 Å². The first-order chi connectivity index (χ1) is 10.2. The summed E-state index contributed by atoms with van der Waals surface area (Å²) in [7, 11) is 1.81. The lowest BCUT2D eigenvalue weighted by Gasteiger charge is -2.35. The lowest BCUT2D eigenvalue weighted by molar-refractivity contribution is -0.0518. The van der Waals surface area contributed by atoms with E-state index in [1.54, 1.807) is 7.11 Å². The average Bonchev–Trinajstić information content (AvgIpc) is 3.04. The van der Waals surface area contributed by atoms with Gasteiger partial charge in [-0.05, 0) is 41.6 Å². The number of nitrogens with one attached hydrogen (secondary N) is 1. The second-order valence-electron chi connectivity index (χ2n) is 6.36. The molecule has 0 atom stereocenters. The highest BCUT2D eigenvalue weighted by molar-refractivity contribution is 9.10. The monoisotopic (exact) mass is 370 g/mol. The minimum atomic E-state index is -0.264. The first kappa shape index (κ1) is 15.6. The number of hydrogen-bond acceptors (Lipinski definition) is 3. The maximum Gasteiger partial charge on any atom is 0.144 e. The van der Waals surface area contributed by atoms with Crippen LogP contribution >= 0.6 is 28.1 Å². The van der Waals surface area contributed by atoms with Gasteiger partial charge in [0.1, 0.15) is 16.1 Å². The summed E-state index contributed by atoms with van der Waals surface area (Å²) in [6.45, 7) is 0. The molecule has 2 saturated carbocycles. The van der Waals surface area contributed by atoms with E-state index < -0.39 is 0 Å². The molecule has 0 amide bonds. The van der Waals surface area contributed by atoms with Gasteiger partial charge in [0, 0.05) is 18.7 Å². The van der Waals surface area contributed by atoms with Crippen LogP contribution in [0.15, 0.2) is 4.47 Å². The highest BCUT2D eigenvalue weighted by Gasteiger charge is 2.37. The van der Waals surface area contributed by atoms with Gasteiger partial charge in [0.15, 0.2) is 0 Å². The number of hydrogen-bond donors (Lipinski definition) is 1. The molecule has 0 saturated heterocycles. The van der Waals surface area contributed by atoms with Crippen molar-refractivity contribution in [3.05, 3.63) is 20.6 Å². The van der Waals surface area contributed by atoms with Gasteiger partial charge in [-0.2, -0.15) is 0 Å². The van der Waals surface area contributed by atoms with Crippen molar-refractivity contribution in [2.24, 2.45) is 0 Å². The van der Waals surface area contributed by atoms with Gasteiger partial charge in [-0.3, -0.25) is 0 Å². The zero-order chi connectivity index (χ0) is 14.9. The predicted octanol–water partition coefficient (Wildman–Crippen LogP) is 5.37.